The molecule has 1 aromatic heterocycles. The van der Waals surface area contributed by atoms with Crippen LogP contribution in [0.5, 0.6) is 6.01 Å². The Bertz CT molecular complexity index is 378. The highest BCUT2D eigenvalue weighted by molar-refractivity contribution is 5.34. The fourth-order valence-electron chi connectivity index (χ4n) is 1.22. The van der Waals surface area contributed by atoms with Gasteiger partial charge in [0.2, 0.25) is 11.9 Å². The molecule has 9 nitrogen and oxygen atoms in total. The van der Waals surface area contributed by atoms with Crippen molar-refractivity contribution in [2.75, 3.05) is 37.6 Å². The molecule has 0 aliphatic heterocycles. The predicted molar refractivity (Wildman–Crippen MR) is 69.8 cm³/mol. The third-order valence-electron chi connectivity index (χ3n) is 2.03. The Balaban J connectivity index is 2.65. The summed E-state index contributed by atoms with van der Waals surface area (Å²) in [5, 5.41) is 12.4. The first-order valence-electron chi connectivity index (χ1n) is 5.96. The zero-order valence-corrected chi connectivity index (χ0v) is 11.1. The number of anilines is 2. The van der Waals surface area contributed by atoms with Crippen LogP contribution in [0.25, 0.3) is 0 Å². The second-order valence-corrected chi connectivity index (χ2v) is 3.75. The molecule has 108 valence electrons. The SMILES string of the molecule is CCCOc1nc(NN)nc(NCC(O)COC)n1. The molecule has 0 aliphatic carbocycles. The van der Waals surface area contributed by atoms with Crippen LogP contribution >= 0.6 is 0 Å². The van der Waals surface area contributed by atoms with Gasteiger partial charge >= 0.3 is 6.01 Å². The first-order valence-corrected chi connectivity index (χ1v) is 5.96. The van der Waals surface area contributed by atoms with Crippen LogP contribution in [-0.4, -0.2) is 53.0 Å². The van der Waals surface area contributed by atoms with Crippen LogP contribution in [-0.2, 0) is 4.74 Å². The van der Waals surface area contributed by atoms with Crippen LogP contribution in [0.1, 0.15) is 13.3 Å². The van der Waals surface area contributed by atoms with Crippen LogP contribution in [0.4, 0.5) is 11.9 Å². The third kappa shape index (κ3) is 5.64. The maximum absolute atomic E-state index is 9.52. The molecule has 0 aromatic carbocycles. The molecule has 0 radical (unpaired) electrons. The van der Waals surface area contributed by atoms with Crippen molar-refractivity contribution in [2.45, 2.75) is 19.4 Å². The molecular formula is C10H20N6O3. The lowest BCUT2D eigenvalue weighted by molar-refractivity contribution is 0.0726. The number of nitrogens with two attached hydrogens (primary N) is 1. The second-order valence-electron chi connectivity index (χ2n) is 3.75. The number of methoxy groups -OCH3 is 1. The highest BCUT2D eigenvalue weighted by Crippen LogP contribution is 2.10. The van der Waals surface area contributed by atoms with Crippen LogP contribution in [0.15, 0.2) is 0 Å². The molecule has 1 atom stereocenters. The normalized spacial score (nSPS) is 12.0. The first kappa shape index (κ1) is 15.3. The summed E-state index contributed by atoms with van der Waals surface area (Å²) >= 11 is 0. The molecule has 0 aliphatic rings. The van der Waals surface area contributed by atoms with Gasteiger partial charge in [0.25, 0.3) is 0 Å². The summed E-state index contributed by atoms with van der Waals surface area (Å²) < 4.78 is 10.1. The fraction of sp³-hybridized carbons (Fsp3) is 0.700. The summed E-state index contributed by atoms with van der Waals surface area (Å²) in [7, 11) is 1.51. The van der Waals surface area contributed by atoms with Gasteiger partial charge in [0.05, 0.1) is 19.3 Å². The van der Waals surface area contributed by atoms with E-state index in [4.69, 9.17) is 15.3 Å². The molecule has 1 aromatic rings. The van der Waals surface area contributed by atoms with E-state index in [0.29, 0.717) is 6.61 Å². The van der Waals surface area contributed by atoms with E-state index < -0.39 is 6.10 Å². The van der Waals surface area contributed by atoms with E-state index in [0.717, 1.165) is 6.42 Å². The monoisotopic (exact) mass is 272 g/mol. The van der Waals surface area contributed by atoms with Gasteiger partial charge in [-0.05, 0) is 6.42 Å². The van der Waals surface area contributed by atoms with Gasteiger partial charge in [-0.25, -0.2) is 5.84 Å². The van der Waals surface area contributed by atoms with Gasteiger partial charge in [0.1, 0.15) is 0 Å². The molecule has 0 saturated carbocycles. The highest BCUT2D eigenvalue weighted by atomic mass is 16.5. The molecule has 5 N–H and O–H groups in total. The largest absolute Gasteiger partial charge is 0.463 e. The third-order valence-corrected chi connectivity index (χ3v) is 2.03. The van der Waals surface area contributed by atoms with Crippen molar-refractivity contribution >= 4 is 11.9 Å². The molecule has 0 fully saturated rings. The number of aromatic nitrogens is 3. The Morgan fingerprint density at radius 3 is 2.68 bits per heavy atom. The van der Waals surface area contributed by atoms with E-state index in [2.05, 4.69) is 25.7 Å². The van der Waals surface area contributed by atoms with Crippen molar-refractivity contribution in [2.24, 2.45) is 5.84 Å². The number of nitrogens with zero attached hydrogens (tertiary/aromatic N) is 3. The predicted octanol–water partition coefficient (Wildman–Crippen LogP) is -0.635. The minimum Gasteiger partial charge on any atom is -0.463 e. The van der Waals surface area contributed by atoms with Crippen LogP contribution < -0.4 is 21.3 Å². The van der Waals surface area contributed by atoms with Crippen molar-refractivity contribution < 1.29 is 14.6 Å². The lowest BCUT2D eigenvalue weighted by atomic mass is 10.4. The summed E-state index contributed by atoms with van der Waals surface area (Å²) in [5.74, 6) is 5.72. The molecule has 0 bridgehead atoms. The number of rotatable bonds is 9. The van der Waals surface area contributed by atoms with E-state index >= 15 is 0 Å². The van der Waals surface area contributed by atoms with E-state index in [1.165, 1.54) is 7.11 Å². The van der Waals surface area contributed by atoms with Crippen LogP contribution in [0.2, 0.25) is 0 Å². The van der Waals surface area contributed by atoms with Gasteiger partial charge in [0.15, 0.2) is 0 Å². The number of aliphatic hydroxyl groups is 1. The molecule has 0 amide bonds. The van der Waals surface area contributed by atoms with E-state index in [-0.39, 0.29) is 31.1 Å². The topological polar surface area (TPSA) is 127 Å². The maximum atomic E-state index is 9.52. The molecule has 19 heavy (non-hydrogen) atoms. The summed E-state index contributed by atoms with van der Waals surface area (Å²) in [4.78, 5) is 12.0. The number of ether oxygens (including phenoxy) is 2. The van der Waals surface area contributed by atoms with Gasteiger partial charge in [-0.1, -0.05) is 6.92 Å². The zero-order valence-electron chi connectivity index (χ0n) is 11.1. The fourth-order valence-corrected chi connectivity index (χ4v) is 1.22. The maximum Gasteiger partial charge on any atom is 0.323 e. The van der Waals surface area contributed by atoms with Crippen LogP contribution in [0.3, 0.4) is 0 Å². The summed E-state index contributed by atoms with van der Waals surface area (Å²) in [5.41, 5.74) is 2.33. The number of hydrazine groups is 1. The number of hydrogen-bond acceptors (Lipinski definition) is 9. The van der Waals surface area contributed by atoms with Gasteiger partial charge in [0, 0.05) is 13.7 Å². The van der Waals surface area contributed by atoms with Crippen molar-refractivity contribution in [3.63, 3.8) is 0 Å². The number of nitrogen functional groups attached to an aromatic ring is 1. The minimum absolute atomic E-state index is 0.175. The van der Waals surface area contributed by atoms with Gasteiger partial charge in [-0.2, -0.15) is 15.0 Å². The molecule has 1 heterocycles. The van der Waals surface area contributed by atoms with Crippen molar-refractivity contribution in [1.29, 1.82) is 0 Å². The number of hydrogen-bond donors (Lipinski definition) is 4. The van der Waals surface area contributed by atoms with E-state index in [1.807, 2.05) is 6.92 Å². The Hall–Kier alpha value is -1.71. The quantitative estimate of drug-likeness (QED) is 0.343. The average Bonchev–Trinajstić information content (AvgIpc) is 2.43. The zero-order chi connectivity index (χ0) is 14.1. The lowest BCUT2D eigenvalue weighted by Crippen LogP contribution is -2.25. The van der Waals surface area contributed by atoms with Crippen molar-refractivity contribution in [3.8, 4) is 6.01 Å². The molecule has 0 saturated heterocycles. The van der Waals surface area contributed by atoms with E-state index in [9.17, 15) is 5.11 Å². The van der Waals surface area contributed by atoms with Gasteiger partial charge in [-0.15, -0.1) is 0 Å². The lowest BCUT2D eigenvalue weighted by Gasteiger charge is -2.12. The molecule has 1 unspecified atom stereocenters. The summed E-state index contributed by atoms with van der Waals surface area (Å²) in [6.45, 7) is 2.94. The first-order chi connectivity index (χ1) is 9.19. The highest BCUT2D eigenvalue weighted by Gasteiger charge is 2.09. The Morgan fingerprint density at radius 1 is 1.32 bits per heavy atom. The number of nitrogens with one attached hydrogen (secondary N) is 2. The molecule has 1 rings (SSSR count). The summed E-state index contributed by atoms with van der Waals surface area (Å²) in [6.07, 6.45) is 0.183. The van der Waals surface area contributed by atoms with Crippen LogP contribution in [0, 0.1) is 0 Å². The second kappa shape index (κ2) is 8.40. The summed E-state index contributed by atoms with van der Waals surface area (Å²) in [6, 6.07) is 0.175. The van der Waals surface area contributed by atoms with E-state index in [1.54, 1.807) is 0 Å². The smallest absolute Gasteiger partial charge is 0.323 e. The standard InChI is InChI=1S/C10H20N6O3/c1-3-4-19-10-14-8(13-9(15-10)16-11)12-5-7(17)6-18-2/h7,17H,3-6,11H2,1-2H3,(H2,12,13,14,15,16). The molecule has 9 heteroatoms. The molecular weight excluding hydrogens is 252 g/mol. The van der Waals surface area contributed by atoms with Crippen molar-refractivity contribution in [1.82, 2.24) is 15.0 Å². The Kier molecular flexibility index (Phi) is 6.79. The Labute approximate surface area is 111 Å². The molecule has 0 spiro atoms. The Morgan fingerprint density at radius 2 is 2.05 bits per heavy atom. The van der Waals surface area contributed by atoms with Gasteiger partial charge in [-0.3, -0.25) is 5.43 Å². The average molecular weight is 272 g/mol. The number of aliphatic hydroxyl groups excluding tert-OH is 1. The minimum atomic E-state index is -0.656. The van der Waals surface area contributed by atoms with Gasteiger partial charge < -0.3 is 19.9 Å². The van der Waals surface area contributed by atoms with Crippen molar-refractivity contribution in [3.05, 3.63) is 0 Å².